The van der Waals surface area contributed by atoms with Gasteiger partial charge in [0.15, 0.2) is 0 Å². The third-order valence-electron chi connectivity index (χ3n) is 5.23. The number of esters is 2. The molecule has 0 aliphatic carbocycles. The van der Waals surface area contributed by atoms with Crippen molar-refractivity contribution in [2.45, 2.75) is 27.3 Å². The standard InChI is InChI=1S/C22H28FN3O4/c1-4-29-21(27)19-15(3)20(22(28)30-5-2)24-18(19)14-25-10-12-26(13-11-25)17-8-6-16(23)7-9-17/h6-9,24H,4-5,10-14H2,1-3H3. The van der Waals surface area contributed by atoms with Crippen molar-refractivity contribution in [1.29, 1.82) is 0 Å². The van der Waals surface area contributed by atoms with Crippen LogP contribution in [0.1, 0.15) is 46.0 Å². The molecular formula is C22H28FN3O4. The Morgan fingerprint density at radius 2 is 1.60 bits per heavy atom. The summed E-state index contributed by atoms with van der Waals surface area (Å²) in [7, 11) is 0. The van der Waals surface area contributed by atoms with Gasteiger partial charge < -0.3 is 19.4 Å². The van der Waals surface area contributed by atoms with Crippen LogP contribution in [0.3, 0.4) is 0 Å². The van der Waals surface area contributed by atoms with E-state index in [-0.39, 0.29) is 19.0 Å². The molecule has 30 heavy (non-hydrogen) atoms. The van der Waals surface area contributed by atoms with Crippen molar-refractivity contribution < 1.29 is 23.5 Å². The van der Waals surface area contributed by atoms with Crippen LogP contribution in [0.4, 0.5) is 10.1 Å². The number of halogens is 1. The minimum absolute atomic E-state index is 0.247. The molecule has 0 radical (unpaired) electrons. The van der Waals surface area contributed by atoms with Crippen LogP contribution < -0.4 is 4.90 Å². The number of carbonyl (C=O) groups excluding carboxylic acids is 2. The largest absolute Gasteiger partial charge is 0.462 e. The van der Waals surface area contributed by atoms with Crippen molar-refractivity contribution in [3.8, 4) is 0 Å². The maximum absolute atomic E-state index is 13.2. The van der Waals surface area contributed by atoms with Gasteiger partial charge >= 0.3 is 11.9 Å². The Balaban J connectivity index is 1.74. The third kappa shape index (κ3) is 4.81. The van der Waals surface area contributed by atoms with E-state index in [1.54, 1.807) is 32.9 Å². The van der Waals surface area contributed by atoms with E-state index in [0.717, 1.165) is 31.9 Å². The summed E-state index contributed by atoms with van der Waals surface area (Å²) in [5, 5.41) is 0. The Morgan fingerprint density at radius 3 is 2.20 bits per heavy atom. The molecule has 1 aromatic heterocycles. The molecule has 0 unspecified atom stereocenters. The van der Waals surface area contributed by atoms with Crippen molar-refractivity contribution in [3.63, 3.8) is 0 Å². The highest BCUT2D eigenvalue weighted by Gasteiger charge is 2.27. The van der Waals surface area contributed by atoms with Gasteiger partial charge in [-0.05, 0) is 50.6 Å². The molecule has 0 atom stereocenters. The van der Waals surface area contributed by atoms with Gasteiger partial charge in [0.05, 0.1) is 18.8 Å². The van der Waals surface area contributed by atoms with Gasteiger partial charge in [0, 0.05) is 44.1 Å². The molecule has 7 nitrogen and oxygen atoms in total. The molecule has 1 fully saturated rings. The molecule has 0 bridgehead atoms. The van der Waals surface area contributed by atoms with Crippen LogP contribution in [-0.4, -0.2) is 61.2 Å². The summed E-state index contributed by atoms with van der Waals surface area (Å²) in [4.78, 5) is 32.3. The van der Waals surface area contributed by atoms with Gasteiger partial charge in [0.1, 0.15) is 11.5 Å². The summed E-state index contributed by atoms with van der Waals surface area (Å²) < 4.78 is 23.5. The lowest BCUT2D eigenvalue weighted by Crippen LogP contribution is -2.46. The van der Waals surface area contributed by atoms with Crippen LogP contribution in [0.2, 0.25) is 0 Å². The van der Waals surface area contributed by atoms with Crippen LogP contribution in [0, 0.1) is 12.7 Å². The first kappa shape index (κ1) is 21.8. The van der Waals surface area contributed by atoms with Gasteiger partial charge in [-0.25, -0.2) is 14.0 Å². The van der Waals surface area contributed by atoms with Crippen molar-refractivity contribution in [3.05, 3.63) is 52.6 Å². The molecule has 1 aromatic carbocycles. The number of ether oxygens (including phenoxy) is 2. The number of benzene rings is 1. The second kappa shape index (κ2) is 9.75. The number of hydrogen-bond donors (Lipinski definition) is 1. The van der Waals surface area contributed by atoms with Crippen LogP contribution >= 0.6 is 0 Å². The fraction of sp³-hybridized carbons (Fsp3) is 0.455. The minimum Gasteiger partial charge on any atom is -0.462 e. The fourth-order valence-corrected chi connectivity index (χ4v) is 3.70. The number of carbonyl (C=O) groups is 2. The van der Waals surface area contributed by atoms with E-state index in [4.69, 9.17) is 9.47 Å². The minimum atomic E-state index is -0.479. The topological polar surface area (TPSA) is 74.9 Å². The summed E-state index contributed by atoms with van der Waals surface area (Å²) in [6.07, 6.45) is 0. The Labute approximate surface area is 175 Å². The van der Waals surface area contributed by atoms with E-state index in [0.29, 0.717) is 29.1 Å². The molecule has 162 valence electrons. The van der Waals surface area contributed by atoms with Crippen LogP contribution in [0.5, 0.6) is 0 Å². The molecule has 0 saturated carbocycles. The average Bonchev–Trinajstić information content (AvgIpc) is 3.05. The van der Waals surface area contributed by atoms with Crippen molar-refractivity contribution in [2.24, 2.45) is 0 Å². The Kier molecular flexibility index (Phi) is 7.10. The number of nitrogens with one attached hydrogen (secondary N) is 1. The molecule has 2 heterocycles. The maximum Gasteiger partial charge on any atom is 0.355 e. The summed E-state index contributed by atoms with van der Waals surface area (Å²) in [6, 6.07) is 6.49. The molecule has 0 amide bonds. The predicted molar refractivity (Wildman–Crippen MR) is 111 cm³/mol. The van der Waals surface area contributed by atoms with E-state index in [1.807, 2.05) is 0 Å². The molecule has 1 aliphatic heterocycles. The van der Waals surface area contributed by atoms with Gasteiger partial charge in [0.2, 0.25) is 0 Å². The summed E-state index contributed by atoms with van der Waals surface area (Å²) in [6.45, 7) is 9.33. The molecule has 3 rings (SSSR count). The fourth-order valence-electron chi connectivity index (χ4n) is 3.70. The zero-order valence-electron chi connectivity index (χ0n) is 17.7. The van der Waals surface area contributed by atoms with E-state index < -0.39 is 11.9 Å². The van der Waals surface area contributed by atoms with Crippen molar-refractivity contribution in [1.82, 2.24) is 9.88 Å². The highest BCUT2D eigenvalue weighted by atomic mass is 19.1. The number of H-pyrrole nitrogens is 1. The van der Waals surface area contributed by atoms with Gasteiger partial charge in [0.25, 0.3) is 0 Å². The highest BCUT2D eigenvalue weighted by molar-refractivity contribution is 5.98. The second-order valence-electron chi connectivity index (χ2n) is 7.16. The van der Waals surface area contributed by atoms with Gasteiger partial charge in [-0.2, -0.15) is 0 Å². The lowest BCUT2D eigenvalue weighted by Gasteiger charge is -2.36. The predicted octanol–water partition coefficient (Wildman–Crippen LogP) is 3.14. The summed E-state index contributed by atoms with van der Waals surface area (Å²) in [5.74, 6) is -1.17. The molecule has 1 N–H and O–H groups in total. The smallest absolute Gasteiger partial charge is 0.355 e. The second-order valence-corrected chi connectivity index (χ2v) is 7.16. The Morgan fingerprint density at radius 1 is 1.00 bits per heavy atom. The first-order valence-corrected chi connectivity index (χ1v) is 10.2. The van der Waals surface area contributed by atoms with Gasteiger partial charge in [-0.15, -0.1) is 0 Å². The first-order valence-electron chi connectivity index (χ1n) is 10.2. The van der Waals surface area contributed by atoms with Gasteiger partial charge in [-0.3, -0.25) is 4.90 Å². The molecule has 8 heteroatoms. The van der Waals surface area contributed by atoms with Crippen LogP contribution in [-0.2, 0) is 16.0 Å². The van der Waals surface area contributed by atoms with Crippen LogP contribution in [0.15, 0.2) is 24.3 Å². The van der Waals surface area contributed by atoms with Crippen molar-refractivity contribution >= 4 is 17.6 Å². The number of aromatic nitrogens is 1. The Bertz CT molecular complexity index is 887. The van der Waals surface area contributed by atoms with E-state index in [9.17, 15) is 14.0 Å². The lowest BCUT2D eigenvalue weighted by atomic mass is 10.1. The number of rotatable bonds is 7. The van der Waals surface area contributed by atoms with Crippen LogP contribution in [0.25, 0.3) is 0 Å². The first-order chi connectivity index (χ1) is 14.4. The Hall–Kier alpha value is -2.87. The average molecular weight is 417 g/mol. The van der Waals surface area contributed by atoms with Gasteiger partial charge in [-0.1, -0.05) is 0 Å². The number of nitrogens with zero attached hydrogens (tertiary/aromatic N) is 2. The zero-order valence-corrected chi connectivity index (χ0v) is 17.7. The van der Waals surface area contributed by atoms with Crippen molar-refractivity contribution in [2.75, 3.05) is 44.3 Å². The molecule has 2 aromatic rings. The molecule has 0 spiro atoms. The highest BCUT2D eigenvalue weighted by Crippen LogP contribution is 2.23. The maximum atomic E-state index is 13.2. The molecule has 1 aliphatic rings. The number of piperazine rings is 1. The third-order valence-corrected chi connectivity index (χ3v) is 5.23. The lowest BCUT2D eigenvalue weighted by molar-refractivity contribution is 0.0517. The quantitative estimate of drug-likeness (QED) is 0.698. The van der Waals surface area contributed by atoms with E-state index in [1.165, 1.54) is 12.1 Å². The zero-order chi connectivity index (χ0) is 21.7. The monoisotopic (exact) mass is 417 g/mol. The van der Waals surface area contributed by atoms with E-state index in [2.05, 4.69) is 14.8 Å². The molecular weight excluding hydrogens is 389 g/mol. The number of hydrogen-bond acceptors (Lipinski definition) is 6. The number of aromatic amines is 1. The summed E-state index contributed by atoms with van der Waals surface area (Å²) in [5.41, 5.74) is 2.89. The normalized spacial score (nSPS) is 14.6. The number of anilines is 1. The summed E-state index contributed by atoms with van der Waals surface area (Å²) >= 11 is 0. The molecule has 1 saturated heterocycles. The SMILES string of the molecule is CCOC(=O)c1[nH]c(CN2CCN(c3ccc(F)cc3)CC2)c(C(=O)OCC)c1C. The van der Waals surface area contributed by atoms with E-state index >= 15 is 0 Å².